The SMILES string of the molecule is CS(=O)(=O)c1ccc(-c2conc2C(=O)O)cc1. The second-order valence-electron chi connectivity index (χ2n) is 3.68. The van der Waals surface area contributed by atoms with Crippen LogP contribution in [0.5, 0.6) is 0 Å². The third kappa shape index (κ3) is 2.25. The molecule has 0 aliphatic heterocycles. The maximum atomic E-state index is 11.3. The molecule has 0 saturated heterocycles. The van der Waals surface area contributed by atoms with Gasteiger partial charge in [-0.2, -0.15) is 0 Å². The van der Waals surface area contributed by atoms with Crippen LogP contribution < -0.4 is 0 Å². The van der Waals surface area contributed by atoms with Crippen LogP contribution in [0.15, 0.2) is 39.9 Å². The zero-order valence-electron chi connectivity index (χ0n) is 9.32. The Hall–Kier alpha value is -2.15. The van der Waals surface area contributed by atoms with Gasteiger partial charge in [0.15, 0.2) is 15.5 Å². The molecule has 0 fully saturated rings. The summed E-state index contributed by atoms with van der Waals surface area (Å²) < 4.78 is 27.2. The van der Waals surface area contributed by atoms with Gasteiger partial charge >= 0.3 is 5.97 Å². The van der Waals surface area contributed by atoms with E-state index in [4.69, 9.17) is 5.11 Å². The van der Waals surface area contributed by atoms with Gasteiger partial charge in [0, 0.05) is 6.26 Å². The first kappa shape index (κ1) is 12.3. The van der Waals surface area contributed by atoms with Crippen molar-refractivity contribution in [1.29, 1.82) is 0 Å². The van der Waals surface area contributed by atoms with E-state index in [2.05, 4.69) is 9.68 Å². The normalized spacial score (nSPS) is 11.4. The number of carbonyl (C=O) groups is 1. The first-order chi connectivity index (χ1) is 8.39. The molecule has 1 heterocycles. The molecule has 2 aromatic rings. The van der Waals surface area contributed by atoms with E-state index >= 15 is 0 Å². The average molecular weight is 267 g/mol. The minimum Gasteiger partial charge on any atom is -0.476 e. The fourth-order valence-electron chi connectivity index (χ4n) is 1.48. The summed E-state index contributed by atoms with van der Waals surface area (Å²) in [4.78, 5) is 11.0. The van der Waals surface area contributed by atoms with E-state index in [-0.39, 0.29) is 10.6 Å². The summed E-state index contributed by atoms with van der Waals surface area (Å²) in [5, 5.41) is 12.3. The molecule has 2 rings (SSSR count). The molecule has 0 bridgehead atoms. The summed E-state index contributed by atoms with van der Waals surface area (Å²) in [6.07, 6.45) is 2.31. The van der Waals surface area contributed by atoms with Gasteiger partial charge in [-0.15, -0.1) is 0 Å². The molecule has 0 radical (unpaired) electrons. The summed E-state index contributed by atoms with van der Waals surface area (Å²) in [6, 6.07) is 5.83. The standard InChI is InChI=1S/C11H9NO5S/c1-18(15,16)8-4-2-7(3-5-8)9-6-17-12-10(9)11(13)14/h2-6H,1H3,(H,13,14). The lowest BCUT2D eigenvalue weighted by Gasteiger charge is -2.01. The maximum absolute atomic E-state index is 11.3. The van der Waals surface area contributed by atoms with Crippen molar-refractivity contribution in [1.82, 2.24) is 5.16 Å². The van der Waals surface area contributed by atoms with Gasteiger partial charge in [0.2, 0.25) is 0 Å². The van der Waals surface area contributed by atoms with Crippen LogP contribution in [0.25, 0.3) is 11.1 Å². The number of carboxylic acid groups (broad SMARTS) is 1. The molecule has 94 valence electrons. The summed E-state index contributed by atoms with van der Waals surface area (Å²) in [5.41, 5.74) is 0.630. The number of sulfone groups is 1. The van der Waals surface area contributed by atoms with Crippen LogP contribution in [-0.2, 0) is 9.84 Å². The molecule has 0 unspecified atom stereocenters. The van der Waals surface area contributed by atoms with Gasteiger partial charge in [-0.3, -0.25) is 0 Å². The van der Waals surface area contributed by atoms with Crippen LogP contribution in [0.4, 0.5) is 0 Å². The van der Waals surface area contributed by atoms with Crippen LogP contribution >= 0.6 is 0 Å². The molecule has 0 aliphatic rings. The molecular formula is C11H9NO5S. The highest BCUT2D eigenvalue weighted by Gasteiger charge is 2.17. The highest BCUT2D eigenvalue weighted by Crippen LogP contribution is 2.24. The number of aromatic carboxylic acids is 1. The maximum Gasteiger partial charge on any atom is 0.358 e. The first-order valence-corrected chi connectivity index (χ1v) is 6.77. The Labute approximate surface area is 103 Å². The lowest BCUT2D eigenvalue weighted by Crippen LogP contribution is -1.99. The van der Waals surface area contributed by atoms with Gasteiger partial charge in [0.05, 0.1) is 10.5 Å². The highest BCUT2D eigenvalue weighted by molar-refractivity contribution is 7.90. The molecular weight excluding hydrogens is 258 g/mol. The van der Waals surface area contributed by atoms with Crippen molar-refractivity contribution in [2.24, 2.45) is 0 Å². The first-order valence-electron chi connectivity index (χ1n) is 4.88. The highest BCUT2D eigenvalue weighted by atomic mass is 32.2. The Morgan fingerprint density at radius 3 is 2.39 bits per heavy atom. The monoisotopic (exact) mass is 267 g/mol. The third-order valence-corrected chi connectivity index (χ3v) is 3.49. The van der Waals surface area contributed by atoms with Crippen molar-refractivity contribution in [3.05, 3.63) is 36.2 Å². The van der Waals surface area contributed by atoms with E-state index in [0.29, 0.717) is 11.1 Å². The van der Waals surface area contributed by atoms with E-state index in [9.17, 15) is 13.2 Å². The van der Waals surface area contributed by atoms with Crippen LogP contribution in [0.2, 0.25) is 0 Å². The zero-order chi connectivity index (χ0) is 13.3. The summed E-state index contributed by atoms with van der Waals surface area (Å²) in [5.74, 6) is -1.20. The molecule has 0 amide bonds. The van der Waals surface area contributed by atoms with Crippen molar-refractivity contribution in [2.45, 2.75) is 4.90 Å². The minimum atomic E-state index is -3.27. The molecule has 0 atom stereocenters. The quantitative estimate of drug-likeness (QED) is 0.903. The Kier molecular flexibility index (Phi) is 2.92. The fourth-order valence-corrected chi connectivity index (χ4v) is 2.11. The Morgan fingerprint density at radius 1 is 1.28 bits per heavy atom. The van der Waals surface area contributed by atoms with Crippen molar-refractivity contribution < 1.29 is 22.8 Å². The topological polar surface area (TPSA) is 97.5 Å². The Bertz CT molecular complexity index is 684. The van der Waals surface area contributed by atoms with Crippen molar-refractivity contribution in [3.8, 4) is 11.1 Å². The number of benzene rings is 1. The number of carboxylic acids is 1. The van der Waals surface area contributed by atoms with Crippen molar-refractivity contribution in [2.75, 3.05) is 6.26 Å². The molecule has 18 heavy (non-hydrogen) atoms. The summed E-state index contributed by atoms with van der Waals surface area (Å²) >= 11 is 0. The van der Waals surface area contributed by atoms with E-state index in [1.54, 1.807) is 0 Å². The van der Waals surface area contributed by atoms with E-state index < -0.39 is 15.8 Å². The summed E-state index contributed by atoms with van der Waals surface area (Å²) in [7, 11) is -3.27. The molecule has 6 nitrogen and oxygen atoms in total. The van der Waals surface area contributed by atoms with Gasteiger partial charge in [-0.1, -0.05) is 17.3 Å². The van der Waals surface area contributed by atoms with Crippen LogP contribution in [0.1, 0.15) is 10.5 Å². The Morgan fingerprint density at radius 2 is 1.89 bits per heavy atom. The van der Waals surface area contributed by atoms with Crippen LogP contribution in [0.3, 0.4) is 0 Å². The third-order valence-electron chi connectivity index (χ3n) is 2.37. The smallest absolute Gasteiger partial charge is 0.358 e. The molecule has 1 aromatic heterocycles. The molecule has 1 aromatic carbocycles. The van der Waals surface area contributed by atoms with Crippen molar-refractivity contribution >= 4 is 15.8 Å². The van der Waals surface area contributed by atoms with E-state index in [1.165, 1.54) is 30.5 Å². The lowest BCUT2D eigenvalue weighted by atomic mass is 10.1. The number of hydrogen-bond acceptors (Lipinski definition) is 5. The predicted molar refractivity (Wildman–Crippen MR) is 62.0 cm³/mol. The molecule has 0 saturated carbocycles. The van der Waals surface area contributed by atoms with Crippen molar-refractivity contribution in [3.63, 3.8) is 0 Å². The molecule has 0 aliphatic carbocycles. The Balaban J connectivity index is 2.47. The number of nitrogens with zero attached hydrogens (tertiary/aromatic N) is 1. The second kappa shape index (κ2) is 4.26. The van der Waals surface area contributed by atoms with Gasteiger partial charge in [0.25, 0.3) is 0 Å². The average Bonchev–Trinajstić information content (AvgIpc) is 2.77. The lowest BCUT2D eigenvalue weighted by molar-refractivity contribution is 0.0686. The van der Waals surface area contributed by atoms with Gasteiger partial charge < -0.3 is 9.63 Å². The largest absolute Gasteiger partial charge is 0.476 e. The summed E-state index contributed by atoms with van der Waals surface area (Å²) in [6.45, 7) is 0. The van der Waals surface area contributed by atoms with Gasteiger partial charge in [0.1, 0.15) is 6.26 Å². The molecule has 1 N–H and O–H groups in total. The number of rotatable bonds is 3. The number of aromatic nitrogens is 1. The predicted octanol–water partition coefficient (Wildman–Crippen LogP) is 1.44. The van der Waals surface area contributed by atoms with E-state index in [0.717, 1.165) is 6.26 Å². The molecule has 0 spiro atoms. The zero-order valence-corrected chi connectivity index (χ0v) is 10.1. The van der Waals surface area contributed by atoms with Crippen LogP contribution in [0, 0.1) is 0 Å². The fraction of sp³-hybridized carbons (Fsp3) is 0.0909. The molecule has 7 heteroatoms. The number of hydrogen-bond donors (Lipinski definition) is 1. The minimum absolute atomic E-state index is 0.166. The van der Waals surface area contributed by atoms with E-state index in [1.807, 2.05) is 0 Å². The second-order valence-corrected chi connectivity index (χ2v) is 5.69. The van der Waals surface area contributed by atoms with Gasteiger partial charge in [-0.05, 0) is 17.7 Å². The van der Waals surface area contributed by atoms with Crippen LogP contribution in [-0.4, -0.2) is 30.9 Å². The van der Waals surface area contributed by atoms with Gasteiger partial charge in [-0.25, -0.2) is 13.2 Å².